The molecule has 0 aromatic carbocycles. The first-order valence-corrected chi connectivity index (χ1v) is 23.1. The van der Waals surface area contributed by atoms with E-state index < -0.39 is 133 Å². The van der Waals surface area contributed by atoms with E-state index in [0.29, 0.717) is 45.1 Å². The van der Waals surface area contributed by atoms with Gasteiger partial charge in [0.05, 0.1) is 31.8 Å². The molecule has 384 valence electrons. The highest BCUT2D eigenvalue weighted by Gasteiger charge is 2.36. The second kappa shape index (κ2) is 30.4. The van der Waals surface area contributed by atoms with Gasteiger partial charge in [-0.3, -0.25) is 47.9 Å². The molecule has 0 aromatic rings. The number of nitrogens with two attached hydrogens (primary N) is 3. The molecule has 2 saturated heterocycles. The number of carboxylic acid groups (broad SMARTS) is 1. The second-order valence-corrected chi connectivity index (χ2v) is 17.4. The number of primary amides is 1. The van der Waals surface area contributed by atoms with E-state index in [9.17, 15) is 63.0 Å². The number of carbonyl (C=O) groups excluding carboxylic acids is 10. The standard InChI is InChI=1S/C42H73N13O13/c1-23(2)17-30(40(65)50-24(3)36(61)49-22-35(60)55-16-8-11-31(55)41(66)54-28(42(67)68)10-5-7-15-44)52-34(59)21-47-37(62)26(9-4-6-14-43)53-39(64)27(12-13-32(45)57)51-33(58)20-48-38(63)29-18-25(56)19-46-29/h23-31,46,56H,4-22,43-44H2,1-3H3,(H2,45,57)(H,47,62)(H,48,63)(H,49,61)(H,50,65)(H,51,58)(H,52,59)(H,53,64)(H,54,66)(H,67,68)/t24-,25+,26-,27-,28-,29-,30-,31-/m0/s1. The number of aliphatic carboxylic acids is 1. The van der Waals surface area contributed by atoms with E-state index in [1.165, 1.54) is 11.8 Å². The lowest BCUT2D eigenvalue weighted by molar-refractivity contribution is -0.144. The number of β-amino-alcohol motifs (C(OH)–C–C–N with tert-alkyl or cyclic N) is 1. The lowest BCUT2D eigenvalue weighted by atomic mass is 10.0. The maximum Gasteiger partial charge on any atom is 0.326 e. The van der Waals surface area contributed by atoms with Gasteiger partial charge in [-0.05, 0) is 96.6 Å². The van der Waals surface area contributed by atoms with Crippen LogP contribution in [0.3, 0.4) is 0 Å². The fraction of sp³-hybridized carbons (Fsp3) is 0.738. The van der Waals surface area contributed by atoms with Crippen LogP contribution in [0.2, 0.25) is 0 Å². The predicted molar refractivity (Wildman–Crippen MR) is 243 cm³/mol. The van der Waals surface area contributed by atoms with Crippen LogP contribution in [-0.4, -0.2) is 174 Å². The Morgan fingerprint density at radius 3 is 1.81 bits per heavy atom. The summed E-state index contributed by atoms with van der Waals surface area (Å²) in [6.45, 7) is 4.29. The van der Waals surface area contributed by atoms with Crippen molar-refractivity contribution in [2.45, 2.75) is 146 Å². The third-order valence-electron chi connectivity index (χ3n) is 11.1. The largest absolute Gasteiger partial charge is 0.480 e. The minimum atomic E-state index is -1.36. The first-order valence-electron chi connectivity index (χ1n) is 23.1. The van der Waals surface area contributed by atoms with Gasteiger partial charge in [-0.1, -0.05) is 13.8 Å². The van der Waals surface area contributed by atoms with Gasteiger partial charge in [0.25, 0.3) is 0 Å². The maximum absolute atomic E-state index is 13.5. The Labute approximate surface area is 395 Å². The molecule has 2 aliphatic rings. The molecule has 0 bridgehead atoms. The van der Waals surface area contributed by atoms with Crippen LogP contribution in [-0.2, 0) is 52.7 Å². The van der Waals surface area contributed by atoms with Gasteiger partial charge in [-0.15, -0.1) is 0 Å². The molecule has 0 unspecified atom stereocenters. The summed E-state index contributed by atoms with van der Waals surface area (Å²) in [6, 6.07) is -7.78. The van der Waals surface area contributed by atoms with E-state index in [4.69, 9.17) is 17.2 Å². The zero-order chi connectivity index (χ0) is 50.9. The normalized spacial score (nSPS) is 18.8. The van der Waals surface area contributed by atoms with E-state index in [2.05, 4.69) is 47.9 Å². The van der Waals surface area contributed by atoms with Crippen LogP contribution in [0.4, 0.5) is 0 Å². The first kappa shape index (κ1) is 58.1. The van der Waals surface area contributed by atoms with Crippen LogP contribution in [0.5, 0.6) is 0 Å². The van der Waals surface area contributed by atoms with Crippen molar-refractivity contribution in [2.24, 2.45) is 23.1 Å². The van der Waals surface area contributed by atoms with Gasteiger partial charge in [-0.25, -0.2) is 4.79 Å². The van der Waals surface area contributed by atoms with Crippen LogP contribution in [0.25, 0.3) is 0 Å². The Balaban J connectivity index is 1.99. The van der Waals surface area contributed by atoms with Crippen molar-refractivity contribution >= 4 is 65.0 Å². The third kappa shape index (κ3) is 21.3. The average Bonchev–Trinajstić information content (AvgIpc) is 3.96. The Kier molecular flexibility index (Phi) is 26.0. The van der Waals surface area contributed by atoms with E-state index >= 15 is 0 Å². The highest BCUT2D eigenvalue weighted by atomic mass is 16.4. The number of likely N-dealkylation sites (tertiary alicyclic amines) is 1. The Morgan fingerprint density at radius 1 is 0.662 bits per heavy atom. The molecule has 10 amide bonds. The van der Waals surface area contributed by atoms with Gasteiger partial charge in [-0.2, -0.15) is 0 Å². The van der Waals surface area contributed by atoms with Crippen LogP contribution in [0.1, 0.15) is 97.8 Å². The van der Waals surface area contributed by atoms with E-state index in [1.54, 1.807) is 13.8 Å². The Hall–Kier alpha value is -5.99. The number of hydrogen-bond donors (Lipinski definition) is 14. The van der Waals surface area contributed by atoms with Crippen molar-refractivity contribution in [1.29, 1.82) is 0 Å². The van der Waals surface area contributed by atoms with Crippen molar-refractivity contribution in [3.8, 4) is 0 Å². The fourth-order valence-electron chi connectivity index (χ4n) is 7.43. The van der Waals surface area contributed by atoms with Gasteiger partial charge in [0.1, 0.15) is 36.3 Å². The molecular weight excluding hydrogens is 895 g/mol. The Morgan fingerprint density at radius 2 is 1.24 bits per heavy atom. The zero-order valence-corrected chi connectivity index (χ0v) is 39.2. The molecular formula is C42H73N13O13. The summed E-state index contributed by atoms with van der Waals surface area (Å²) in [4.78, 5) is 142. The highest BCUT2D eigenvalue weighted by molar-refractivity contribution is 5.97. The molecule has 17 N–H and O–H groups in total. The monoisotopic (exact) mass is 968 g/mol. The number of aliphatic hydroxyl groups is 1. The van der Waals surface area contributed by atoms with Crippen LogP contribution in [0, 0.1) is 5.92 Å². The summed E-state index contributed by atoms with van der Waals surface area (Å²) in [7, 11) is 0. The molecule has 68 heavy (non-hydrogen) atoms. The molecule has 2 fully saturated rings. The second-order valence-electron chi connectivity index (χ2n) is 17.4. The Bertz CT molecular complexity index is 1770. The lowest BCUT2D eigenvalue weighted by Crippen LogP contribution is -2.57. The molecule has 2 rings (SSSR count). The number of nitrogens with one attached hydrogen (secondary N) is 9. The summed E-state index contributed by atoms with van der Waals surface area (Å²) in [5, 5.41) is 41.8. The van der Waals surface area contributed by atoms with Gasteiger partial charge < -0.3 is 80.2 Å². The predicted octanol–water partition coefficient (Wildman–Crippen LogP) is -5.85. The van der Waals surface area contributed by atoms with Crippen molar-refractivity contribution in [3.63, 3.8) is 0 Å². The van der Waals surface area contributed by atoms with Crippen LogP contribution < -0.4 is 65.1 Å². The number of unbranched alkanes of at least 4 members (excludes halogenated alkanes) is 2. The van der Waals surface area contributed by atoms with Crippen molar-refractivity contribution < 1.29 is 63.0 Å². The van der Waals surface area contributed by atoms with Gasteiger partial charge in [0, 0.05) is 19.5 Å². The van der Waals surface area contributed by atoms with Gasteiger partial charge in [0.15, 0.2) is 0 Å². The zero-order valence-electron chi connectivity index (χ0n) is 39.2. The van der Waals surface area contributed by atoms with Crippen molar-refractivity contribution in [3.05, 3.63) is 0 Å². The summed E-state index contributed by atoms with van der Waals surface area (Å²) in [5.41, 5.74) is 16.4. The SMILES string of the molecule is CC(C)C[C@H](NC(=O)CNC(=O)[C@H](CCCCN)NC(=O)[C@H](CCC(N)=O)NC(=O)CNC(=O)[C@@H]1C[C@@H](O)CN1)C(=O)N[C@@H](C)C(=O)NCC(=O)N1CCC[C@H]1C(=O)N[C@@H](CCCCN)C(=O)O. The van der Waals surface area contributed by atoms with Crippen molar-refractivity contribution in [1.82, 2.24) is 52.8 Å². The highest BCUT2D eigenvalue weighted by Crippen LogP contribution is 2.18. The van der Waals surface area contributed by atoms with Gasteiger partial charge in [0.2, 0.25) is 59.1 Å². The smallest absolute Gasteiger partial charge is 0.326 e. The van der Waals surface area contributed by atoms with E-state index in [0.717, 1.165) is 0 Å². The molecule has 0 spiro atoms. The molecule has 0 aromatic heterocycles. The summed E-state index contributed by atoms with van der Waals surface area (Å²) < 4.78 is 0. The average molecular weight is 968 g/mol. The topological polar surface area (TPSA) is 418 Å². The number of nitrogens with zero attached hydrogens (tertiary/aromatic N) is 1. The third-order valence-corrected chi connectivity index (χ3v) is 11.1. The fourth-order valence-corrected chi connectivity index (χ4v) is 7.43. The molecule has 0 aliphatic carbocycles. The van der Waals surface area contributed by atoms with Crippen LogP contribution >= 0.6 is 0 Å². The number of carboxylic acids is 1. The van der Waals surface area contributed by atoms with Crippen LogP contribution in [0.15, 0.2) is 0 Å². The summed E-state index contributed by atoms with van der Waals surface area (Å²) >= 11 is 0. The molecule has 0 radical (unpaired) electrons. The number of aliphatic hydroxyl groups excluding tert-OH is 1. The number of carbonyl (C=O) groups is 11. The quantitative estimate of drug-likeness (QED) is 0.0288. The molecule has 26 nitrogen and oxygen atoms in total. The maximum atomic E-state index is 13.5. The van der Waals surface area contributed by atoms with E-state index in [1.807, 2.05) is 0 Å². The van der Waals surface area contributed by atoms with E-state index in [-0.39, 0.29) is 64.1 Å². The van der Waals surface area contributed by atoms with Gasteiger partial charge >= 0.3 is 5.97 Å². The lowest BCUT2D eigenvalue weighted by Gasteiger charge is -2.26. The molecule has 8 atom stereocenters. The molecule has 2 heterocycles. The number of amides is 10. The van der Waals surface area contributed by atoms with Crippen molar-refractivity contribution in [2.75, 3.05) is 45.8 Å². The molecule has 0 saturated carbocycles. The number of hydrogen-bond acceptors (Lipinski definition) is 15. The molecule has 26 heteroatoms. The number of rotatable bonds is 31. The minimum absolute atomic E-state index is 0.0598. The summed E-state index contributed by atoms with van der Waals surface area (Å²) in [5.74, 6) is -8.60. The summed E-state index contributed by atoms with van der Waals surface area (Å²) in [6.07, 6.45) is 1.89. The first-order chi connectivity index (χ1) is 32.2. The minimum Gasteiger partial charge on any atom is -0.480 e. The molecule has 2 aliphatic heterocycles.